The van der Waals surface area contributed by atoms with Crippen LogP contribution in [0, 0.1) is 0 Å². The Balaban J connectivity index is 1.79. The Morgan fingerprint density at radius 3 is 2.57 bits per heavy atom. The average Bonchev–Trinajstić information content (AvgIpc) is 3.13. The minimum atomic E-state index is -1.54. The van der Waals surface area contributed by atoms with Crippen LogP contribution >= 0.6 is 0 Å². The molecule has 8 heteroatoms. The topological polar surface area (TPSA) is 106 Å². The quantitative estimate of drug-likeness (QED) is 0.741. The van der Waals surface area contributed by atoms with E-state index in [9.17, 15) is 14.7 Å². The Bertz CT molecular complexity index is 772. The van der Waals surface area contributed by atoms with Gasteiger partial charge in [0.05, 0.1) is 26.4 Å². The Kier molecular flexibility index (Phi) is 6.06. The second-order valence-electron chi connectivity index (χ2n) is 7.25. The van der Waals surface area contributed by atoms with E-state index in [1.165, 1.54) is 7.11 Å². The smallest absolute Gasteiger partial charge is 0.308 e. The fourth-order valence-corrected chi connectivity index (χ4v) is 3.75. The monoisotopic (exact) mass is 390 g/mol. The molecule has 1 aliphatic heterocycles. The summed E-state index contributed by atoms with van der Waals surface area (Å²) in [7, 11) is 3.07. The first-order valence-electron chi connectivity index (χ1n) is 9.47. The van der Waals surface area contributed by atoms with Crippen LogP contribution in [0.15, 0.2) is 23.4 Å². The van der Waals surface area contributed by atoms with Gasteiger partial charge in [0.1, 0.15) is 0 Å². The van der Waals surface area contributed by atoms with Crippen LogP contribution in [0.2, 0.25) is 0 Å². The predicted molar refractivity (Wildman–Crippen MR) is 102 cm³/mol. The SMILES string of the molecule is COc1ccc(C2=NOC(CC(=O)O)(C(=O)NC3CCCCC3)C2)cc1OC. The van der Waals surface area contributed by atoms with Crippen LogP contribution < -0.4 is 14.8 Å². The molecular weight excluding hydrogens is 364 g/mol. The van der Waals surface area contributed by atoms with Crippen molar-refractivity contribution < 1.29 is 29.0 Å². The van der Waals surface area contributed by atoms with E-state index in [1.807, 2.05) is 0 Å². The van der Waals surface area contributed by atoms with Crippen LogP contribution in [0.3, 0.4) is 0 Å². The molecule has 3 rings (SSSR count). The van der Waals surface area contributed by atoms with Gasteiger partial charge >= 0.3 is 5.97 Å². The van der Waals surface area contributed by atoms with E-state index in [1.54, 1.807) is 25.3 Å². The number of hydrogen-bond acceptors (Lipinski definition) is 6. The number of aliphatic carboxylic acids is 1. The van der Waals surface area contributed by atoms with Crippen molar-refractivity contribution in [3.05, 3.63) is 23.8 Å². The van der Waals surface area contributed by atoms with E-state index in [4.69, 9.17) is 14.3 Å². The number of carboxylic acid groups (broad SMARTS) is 1. The zero-order valence-corrected chi connectivity index (χ0v) is 16.2. The van der Waals surface area contributed by atoms with Crippen molar-refractivity contribution in [3.63, 3.8) is 0 Å². The zero-order chi connectivity index (χ0) is 20.1. The number of carbonyl (C=O) groups excluding carboxylic acids is 1. The third kappa shape index (κ3) is 4.21. The molecule has 28 heavy (non-hydrogen) atoms. The molecule has 2 N–H and O–H groups in total. The normalized spacial score (nSPS) is 22.1. The second-order valence-corrected chi connectivity index (χ2v) is 7.25. The number of amides is 1. The molecule has 0 aromatic heterocycles. The summed E-state index contributed by atoms with van der Waals surface area (Å²) in [4.78, 5) is 29.9. The minimum Gasteiger partial charge on any atom is -0.493 e. The highest BCUT2D eigenvalue weighted by atomic mass is 16.7. The molecule has 0 radical (unpaired) electrons. The van der Waals surface area contributed by atoms with Gasteiger partial charge in [0.25, 0.3) is 5.91 Å². The molecule has 1 fully saturated rings. The van der Waals surface area contributed by atoms with Crippen molar-refractivity contribution in [1.29, 1.82) is 0 Å². The molecule has 1 atom stereocenters. The van der Waals surface area contributed by atoms with Crippen LogP contribution in [-0.4, -0.2) is 48.6 Å². The Labute approximate surface area is 163 Å². The van der Waals surface area contributed by atoms with Gasteiger partial charge in [-0.05, 0) is 31.0 Å². The lowest BCUT2D eigenvalue weighted by Crippen LogP contribution is -2.52. The van der Waals surface area contributed by atoms with Crippen molar-refractivity contribution in [2.75, 3.05) is 14.2 Å². The predicted octanol–water partition coefficient (Wildman–Crippen LogP) is 2.49. The van der Waals surface area contributed by atoms with E-state index in [2.05, 4.69) is 10.5 Å². The number of nitrogens with one attached hydrogen (secondary N) is 1. The summed E-state index contributed by atoms with van der Waals surface area (Å²) in [6, 6.07) is 5.30. The first-order valence-corrected chi connectivity index (χ1v) is 9.47. The lowest BCUT2D eigenvalue weighted by atomic mass is 9.88. The van der Waals surface area contributed by atoms with Gasteiger partial charge in [-0.25, -0.2) is 0 Å². The Hall–Kier alpha value is -2.77. The van der Waals surface area contributed by atoms with Gasteiger partial charge in [0.15, 0.2) is 11.5 Å². The summed E-state index contributed by atoms with van der Waals surface area (Å²) < 4.78 is 10.5. The first kappa shape index (κ1) is 20.0. The van der Waals surface area contributed by atoms with Crippen LogP contribution in [0.1, 0.15) is 50.5 Å². The van der Waals surface area contributed by atoms with Gasteiger partial charge in [0.2, 0.25) is 5.60 Å². The molecule has 1 heterocycles. The lowest BCUT2D eigenvalue weighted by Gasteiger charge is -2.29. The number of carbonyl (C=O) groups is 2. The standard InChI is InChI=1S/C20H26N2O6/c1-26-16-9-8-13(10-17(16)27-2)15-11-20(28-22-15,12-18(23)24)19(25)21-14-6-4-3-5-7-14/h8-10,14H,3-7,11-12H2,1-2H3,(H,21,25)(H,23,24). The van der Waals surface area contributed by atoms with Crippen LogP contribution in [0.5, 0.6) is 11.5 Å². The maximum Gasteiger partial charge on any atom is 0.308 e. The molecule has 1 aliphatic carbocycles. The highest BCUT2D eigenvalue weighted by Crippen LogP contribution is 2.34. The molecule has 1 amide bonds. The molecule has 0 saturated heterocycles. The van der Waals surface area contributed by atoms with Gasteiger partial charge < -0.3 is 24.7 Å². The molecule has 8 nitrogen and oxygen atoms in total. The lowest BCUT2D eigenvalue weighted by molar-refractivity contribution is -0.156. The van der Waals surface area contributed by atoms with Crippen molar-refractivity contribution in [2.45, 2.75) is 56.6 Å². The molecular formula is C20H26N2O6. The average molecular weight is 390 g/mol. The highest BCUT2D eigenvalue weighted by Gasteiger charge is 2.49. The van der Waals surface area contributed by atoms with Crippen molar-refractivity contribution in [1.82, 2.24) is 5.32 Å². The van der Waals surface area contributed by atoms with Crippen molar-refractivity contribution in [2.24, 2.45) is 5.16 Å². The molecule has 0 spiro atoms. The third-order valence-corrected chi connectivity index (χ3v) is 5.29. The van der Waals surface area contributed by atoms with E-state index in [-0.39, 0.29) is 12.5 Å². The minimum absolute atomic E-state index is 0.0562. The zero-order valence-electron chi connectivity index (χ0n) is 16.2. The fraction of sp³-hybridized carbons (Fsp3) is 0.550. The largest absolute Gasteiger partial charge is 0.493 e. The maximum absolute atomic E-state index is 13.0. The Morgan fingerprint density at radius 1 is 1.21 bits per heavy atom. The van der Waals surface area contributed by atoms with E-state index >= 15 is 0 Å². The number of carboxylic acids is 1. The van der Waals surface area contributed by atoms with Gasteiger partial charge in [-0.3, -0.25) is 9.59 Å². The second kappa shape index (κ2) is 8.50. The maximum atomic E-state index is 13.0. The van der Waals surface area contributed by atoms with E-state index < -0.39 is 23.9 Å². The first-order chi connectivity index (χ1) is 13.5. The molecule has 1 aromatic carbocycles. The summed E-state index contributed by atoms with van der Waals surface area (Å²) in [5.74, 6) is -0.439. The molecule has 1 aromatic rings. The molecule has 2 aliphatic rings. The summed E-state index contributed by atoms with van der Waals surface area (Å²) in [5, 5.41) is 16.4. The number of nitrogens with zero attached hydrogens (tertiary/aromatic N) is 1. The van der Waals surface area contributed by atoms with Crippen LogP contribution in [0.25, 0.3) is 0 Å². The van der Waals surface area contributed by atoms with Gasteiger partial charge in [-0.2, -0.15) is 0 Å². The molecule has 1 saturated carbocycles. The third-order valence-electron chi connectivity index (χ3n) is 5.29. The molecule has 0 bridgehead atoms. The summed E-state index contributed by atoms with van der Waals surface area (Å²) >= 11 is 0. The molecule has 1 unspecified atom stereocenters. The number of methoxy groups -OCH3 is 2. The number of hydrogen-bond donors (Lipinski definition) is 2. The van der Waals surface area contributed by atoms with E-state index in [0.29, 0.717) is 22.8 Å². The van der Waals surface area contributed by atoms with Crippen LogP contribution in [-0.2, 0) is 14.4 Å². The van der Waals surface area contributed by atoms with Crippen LogP contribution in [0.4, 0.5) is 0 Å². The molecule has 152 valence electrons. The fourth-order valence-electron chi connectivity index (χ4n) is 3.75. The van der Waals surface area contributed by atoms with E-state index in [0.717, 1.165) is 32.1 Å². The summed E-state index contributed by atoms with van der Waals surface area (Å²) in [6.45, 7) is 0. The van der Waals surface area contributed by atoms with Gasteiger partial charge in [0, 0.05) is 18.0 Å². The summed E-state index contributed by atoms with van der Waals surface area (Å²) in [5.41, 5.74) is -0.345. The van der Waals surface area contributed by atoms with Gasteiger partial charge in [-0.1, -0.05) is 24.4 Å². The Morgan fingerprint density at radius 2 is 1.93 bits per heavy atom. The number of ether oxygens (including phenoxy) is 2. The van der Waals surface area contributed by atoms with Crippen molar-refractivity contribution >= 4 is 17.6 Å². The highest BCUT2D eigenvalue weighted by molar-refractivity contribution is 6.06. The van der Waals surface area contributed by atoms with Crippen molar-refractivity contribution in [3.8, 4) is 11.5 Å². The van der Waals surface area contributed by atoms with Gasteiger partial charge in [-0.15, -0.1) is 0 Å². The summed E-state index contributed by atoms with van der Waals surface area (Å²) in [6.07, 6.45) is 4.71. The number of rotatable bonds is 7. The number of oxime groups is 1. The number of benzene rings is 1.